The minimum Gasteiger partial charge on any atom is -0.393 e. The highest BCUT2D eigenvalue weighted by Crippen LogP contribution is 2.31. The molecule has 2 unspecified atom stereocenters. The van der Waals surface area contributed by atoms with E-state index in [4.69, 9.17) is 0 Å². The van der Waals surface area contributed by atoms with Crippen molar-refractivity contribution in [2.75, 3.05) is 0 Å². The quantitative estimate of drug-likeness (QED) is 0.693. The fourth-order valence-corrected chi connectivity index (χ4v) is 2.39. The smallest absolute Gasteiger partial charge is 0.0546 e. The Morgan fingerprint density at radius 2 is 2.21 bits per heavy atom. The van der Waals surface area contributed by atoms with E-state index in [0.717, 1.165) is 19.3 Å². The van der Waals surface area contributed by atoms with Crippen LogP contribution in [0.25, 0.3) is 0 Å². The Hall–Kier alpha value is -0.830. The van der Waals surface area contributed by atoms with Crippen molar-refractivity contribution in [3.63, 3.8) is 0 Å². The van der Waals surface area contributed by atoms with Gasteiger partial charge in [0, 0.05) is 24.9 Å². The van der Waals surface area contributed by atoms with Gasteiger partial charge >= 0.3 is 0 Å². The van der Waals surface area contributed by atoms with Crippen molar-refractivity contribution in [1.82, 2.24) is 9.78 Å². The number of nitrogens with zero attached hydrogens (tertiary/aromatic N) is 2. The molecule has 1 aromatic rings. The van der Waals surface area contributed by atoms with Crippen LogP contribution in [0.2, 0.25) is 0 Å². The van der Waals surface area contributed by atoms with Crippen LogP contribution in [0.3, 0.4) is 0 Å². The summed E-state index contributed by atoms with van der Waals surface area (Å²) in [5, 5.41) is 13.9. The second kappa shape index (κ2) is 4.13. The number of aromatic nitrogens is 2. The first-order valence-corrected chi connectivity index (χ1v) is 5.43. The molecule has 3 heteroatoms. The van der Waals surface area contributed by atoms with E-state index >= 15 is 0 Å². The summed E-state index contributed by atoms with van der Waals surface area (Å²) in [5.74, 6) is 0.500. The van der Waals surface area contributed by atoms with Gasteiger partial charge in [-0.1, -0.05) is 12.8 Å². The summed E-state index contributed by atoms with van der Waals surface area (Å²) in [6.07, 6.45) is 7.18. The molecule has 14 heavy (non-hydrogen) atoms. The van der Waals surface area contributed by atoms with Gasteiger partial charge in [0.1, 0.15) is 0 Å². The number of rotatable bonds is 1. The molecule has 0 spiro atoms. The standard InChI is InChI=1S/C11H18N2O/c1-13-11(6-7-12-13)9-4-2-3-5-10(14)8-9/h6-7,9-10,14H,2-5,8H2,1H3. The van der Waals surface area contributed by atoms with E-state index < -0.39 is 0 Å². The summed E-state index contributed by atoms with van der Waals surface area (Å²) in [4.78, 5) is 0. The lowest BCUT2D eigenvalue weighted by molar-refractivity contribution is 0.151. The Labute approximate surface area is 84.7 Å². The average molecular weight is 194 g/mol. The number of hydrogen-bond acceptors (Lipinski definition) is 2. The maximum absolute atomic E-state index is 9.72. The highest BCUT2D eigenvalue weighted by atomic mass is 16.3. The molecule has 3 nitrogen and oxygen atoms in total. The predicted molar refractivity (Wildman–Crippen MR) is 55.0 cm³/mol. The first-order valence-electron chi connectivity index (χ1n) is 5.43. The zero-order valence-electron chi connectivity index (χ0n) is 8.69. The first-order chi connectivity index (χ1) is 6.77. The molecule has 2 rings (SSSR count). The number of aryl methyl sites for hydroxylation is 1. The van der Waals surface area contributed by atoms with Gasteiger partial charge in [-0.25, -0.2) is 0 Å². The van der Waals surface area contributed by atoms with Crippen molar-refractivity contribution in [2.24, 2.45) is 7.05 Å². The maximum atomic E-state index is 9.72. The number of hydrogen-bond donors (Lipinski definition) is 1. The van der Waals surface area contributed by atoms with Crippen LogP contribution < -0.4 is 0 Å². The van der Waals surface area contributed by atoms with E-state index in [1.807, 2.05) is 17.9 Å². The Morgan fingerprint density at radius 1 is 1.43 bits per heavy atom. The molecular formula is C11H18N2O. The van der Waals surface area contributed by atoms with E-state index in [1.54, 1.807) is 0 Å². The minimum atomic E-state index is -0.114. The number of aliphatic hydroxyl groups excluding tert-OH is 1. The normalized spacial score (nSPS) is 28.7. The second-order valence-corrected chi connectivity index (χ2v) is 4.25. The molecule has 1 aromatic heterocycles. The summed E-state index contributed by atoms with van der Waals surface area (Å²) >= 11 is 0. The third-order valence-electron chi connectivity index (χ3n) is 3.17. The van der Waals surface area contributed by atoms with E-state index in [-0.39, 0.29) is 6.10 Å². The van der Waals surface area contributed by atoms with Crippen LogP contribution in [0.15, 0.2) is 12.3 Å². The fraction of sp³-hybridized carbons (Fsp3) is 0.727. The van der Waals surface area contributed by atoms with Crippen LogP contribution in [-0.2, 0) is 7.05 Å². The van der Waals surface area contributed by atoms with Gasteiger partial charge in [0.15, 0.2) is 0 Å². The third-order valence-corrected chi connectivity index (χ3v) is 3.17. The fourth-order valence-electron chi connectivity index (χ4n) is 2.39. The SMILES string of the molecule is Cn1nccc1C1CCCCC(O)C1. The van der Waals surface area contributed by atoms with Crippen LogP contribution in [0, 0.1) is 0 Å². The first kappa shape index (κ1) is 9.71. The van der Waals surface area contributed by atoms with E-state index in [2.05, 4.69) is 11.2 Å². The van der Waals surface area contributed by atoms with E-state index in [1.165, 1.54) is 18.5 Å². The minimum absolute atomic E-state index is 0.114. The summed E-state index contributed by atoms with van der Waals surface area (Å²) < 4.78 is 1.93. The van der Waals surface area contributed by atoms with Gasteiger partial charge in [-0.15, -0.1) is 0 Å². The molecule has 0 radical (unpaired) electrons. The second-order valence-electron chi connectivity index (χ2n) is 4.25. The number of aliphatic hydroxyl groups is 1. The van der Waals surface area contributed by atoms with Gasteiger partial charge < -0.3 is 5.11 Å². The van der Waals surface area contributed by atoms with Gasteiger partial charge in [0.25, 0.3) is 0 Å². The molecule has 78 valence electrons. The Balaban J connectivity index is 2.13. The zero-order chi connectivity index (χ0) is 9.97. The highest BCUT2D eigenvalue weighted by molar-refractivity contribution is 5.08. The molecular weight excluding hydrogens is 176 g/mol. The molecule has 0 aromatic carbocycles. The lowest BCUT2D eigenvalue weighted by atomic mass is 9.96. The van der Waals surface area contributed by atoms with Gasteiger partial charge in [0.2, 0.25) is 0 Å². The van der Waals surface area contributed by atoms with Crippen LogP contribution in [0.1, 0.15) is 43.7 Å². The molecule has 2 atom stereocenters. The molecule has 1 heterocycles. The Bertz CT molecular complexity index is 295. The molecule has 1 N–H and O–H groups in total. The summed E-state index contributed by atoms with van der Waals surface area (Å²) in [5.41, 5.74) is 1.27. The molecule has 0 bridgehead atoms. The van der Waals surface area contributed by atoms with E-state index in [0.29, 0.717) is 5.92 Å². The van der Waals surface area contributed by atoms with Crippen LogP contribution in [-0.4, -0.2) is 21.0 Å². The molecule has 1 fully saturated rings. The summed E-state index contributed by atoms with van der Waals surface area (Å²) in [6, 6.07) is 2.07. The topological polar surface area (TPSA) is 38.0 Å². The van der Waals surface area contributed by atoms with Crippen molar-refractivity contribution < 1.29 is 5.11 Å². The molecule has 0 saturated heterocycles. The van der Waals surface area contributed by atoms with Gasteiger partial charge in [-0.05, 0) is 25.3 Å². The van der Waals surface area contributed by atoms with E-state index in [9.17, 15) is 5.11 Å². The average Bonchev–Trinajstić information content (AvgIpc) is 2.45. The summed E-state index contributed by atoms with van der Waals surface area (Å²) in [7, 11) is 1.98. The zero-order valence-corrected chi connectivity index (χ0v) is 8.69. The Morgan fingerprint density at radius 3 is 2.93 bits per heavy atom. The molecule has 1 aliphatic carbocycles. The third kappa shape index (κ3) is 1.98. The molecule has 1 saturated carbocycles. The lowest BCUT2D eigenvalue weighted by Gasteiger charge is -2.16. The van der Waals surface area contributed by atoms with Gasteiger partial charge in [-0.3, -0.25) is 4.68 Å². The molecule has 0 aliphatic heterocycles. The summed E-state index contributed by atoms with van der Waals surface area (Å²) in [6.45, 7) is 0. The maximum Gasteiger partial charge on any atom is 0.0546 e. The predicted octanol–water partition coefficient (Wildman–Crippen LogP) is 1.83. The van der Waals surface area contributed by atoms with Gasteiger partial charge in [0.05, 0.1) is 6.10 Å². The molecule has 0 amide bonds. The van der Waals surface area contributed by atoms with Gasteiger partial charge in [-0.2, -0.15) is 5.10 Å². The largest absolute Gasteiger partial charge is 0.393 e. The lowest BCUT2D eigenvalue weighted by Crippen LogP contribution is -2.12. The van der Waals surface area contributed by atoms with Crippen molar-refractivity contribution in [2.45, 2.75) is 44.1 Å². The van der Waals surface area contributed by atoms with Crippen molar-refractivity contribution in [3.05, 3.63) is 18.0 Å². The monoisotopic (exact) mass is 194 g/mol. The molecule has 1 aliphatic rings. The van der Waals surface area contributed by atoms with Crippen LogP contribution in [0.4, 0.5) is 0 Å². The van der Waals surface area contributed by atoms with Crippen LogP contribution >= 0.6 is 0 Å². The Kier molecular flexibility index (Phi) is 2.87. The van der Waals surface area contributed by atoms with Crippen molar-refractivity contribution in [3.8, 4) is 0 Å². The van der Waals surface area contributed by atoms with Crippen molar-refractivity contribution >= 4 is 0 Å². The van der Waals surface area contributed by atoms with Crippen molar-refractivity contribution in [1.29, 1.82) is 0 Å². The van der Waals surface area contributed by atoms with Crippen LogP contribution in [0.5, 0.6) is 0 Å². The highest BCUT2D eigenvalue weighted by Gasteiger charge is 2.21.